The second-order valence-corrected chi connectivity index (χ2v) is 6.14. The van der Waals surface area contributed by atoms with E-state index in [1.165, 1.54) is 0 Å². The van der Waals surface area contributed by atoms with Gasteiger partial charge in [-0.1, -0.05) is 0 Å². The second-order valence-electron chi connectivity index (χ2n) is 6.14. The Morgan fingerprint density at radius 2 is 2.24 bits per heavy atom. The molecule has 2 aliphatic rings. The highest BCUT2D eigenvalue weighted by molar-refractivity contribution is 5.77. The Balaban J connectivity index is 1.62. The first-order valence-corrected chi connectivity index (χ1v) is 7.28. The zero-order valence-electron chi connectivity index (χ0n) is 12.0. The summed E-state index contributed by atoms with van der Waals surface area (Å²) in [6, 6.07) is -0.458. The molecule has 2 amide bonds. The quantitative estimate of drug-likeness (QED) is 0.772. The van der Waals surface area contributed by atoms with Crippen molar-refractivity contribution in [3.8, 4) is 0 Å². The van der Waals surface area contributed by atoms with Gasteiger partial charge in [0.2, 0.25) is 0 Å². The molecule has 0 saturated heterocycles. The van der Waals surface area contributed by atoms with Crippen LogP contribution in [0, 0.1) is 17.8 Å². The maximum Gasteiger partial charge on any atom is 0.317 e. The summed E-state index contributed by atoms with van der Waals surface area (Å²) < 4.78 is 0. The Morgan fingerprint density at radius 1 is 1.48 bits per heavy atom. The summed E-state index contributed by atoms with van der Waals surface area (Å²) in [4.78, 5) is 25.2. The highest BCUT2D eigenvalue weighted by Gasteiger charge is 2.51. The highest BCUT2D eigenvalue weighted by atomic mass is 16.4. The molecule has 2 bridgehead atoms. The van der Waals surface area contributed by atoms with Crippen molar-refractivity contribution in [3.63, 3.8) is 0 Å². The number of H-pyrrole nitrogens is 1. The average molecular weight is 292 g/mol. The Labute approximate surface area is 122 Å². The summed E-state index contributed by atoms with van der Waals surface area (Å²) >= 11 is 0. The van der Waals surface area contributed by atoms with Crippen molar-refractivity contribution in [1.29, 1.82) is 0 Å². The van der Waals surface area contributed by atoms with Gasteiger partial charge in [-0.3, -0.25) is 9.89 Å². The van der Waals surface area contributed by atoms with Crippen molar-refractivity contribution in [3.05, 3.63) is 18.0 Å². The van der Waals surface area contributed by atoms with Gasteiger partial charge in [-0.05, 0) is 31.1 Å². The van der Waals surface area contributed by atoms with Crippen LogP contribution in [0.5, 0.6) is 0 Å². The van der Waals surface area contributed by atoms with Crippen molar-refractivity contribution in [2.24, 2.45) is 17.8 Å². The number of carbonyl (C=O) groups excluding carboxylic acids is 1. The number of fused-ring (bicyclic) bond motifs is 2. The summed E-state index contributed by atoms with van der Waals surface area (Å²) in [7, 11) is 1.70. The molecule has 1 aromatic heterocycles. The molecule has 0 aliphatic heterocycles. The van der Waals surface area contributed by atoms with Gasteiger partial charge >= 0.3 is 12.0 Å². The van der Waals surface area contributed by atoms with E-state index in [1.54, 1.807) is 24.3 Å². The highest BCUT2D eigenvalue weighted by Crippen LogP contribution is 2.48. The van der Waals surface area contributed by atoms with Gasteiger partial charge in [0.25, 0.3) is 0 Å². The molecule has 114 valence electrons. The molecule has 0 spiro atoms. The Hall–Kier alpha value is -2.05. The number of aromatic amines is 1. The van der Waals surface area contributed by atoms with Crippen LogP contribution in [0.25, 0.3) is 0 Å². The summed E-state index contributed by atoms with van der Waals surface area (Å²) in [5.74, 6) is -0.695. The normalized spacial score (nSPS) is 30.3. The van der Waals surface area contributed by atoms with Crippen LogP contribution >= 0.6 is 0 Å². The molecule has 4 unspecified atom stereocenters. The first kappa shape index (κ1) is 13.9. The summed E-state index contributed by atoms with van der Waals surface area (Å²) in [5.41, 5.74) is 0.912. The van der Waals surface area contributed by atoms with Crippen molar-refractivity contribution >= 4 is 12.0 Å². The van der Waals surface area contributed by atoms with Crippen LogP contribution in [-0.2, 0) is 11.3 Å². The Morgan fingerprint density at radius 3 is 2.90 bits per heavy atom. The van der Waals surface area contributed by atoms with Crippen molar-refractivity contribution in [2.75, 3.05) is 7.05 Å². The van der Waals surface area contributed by atoms with Crippen LogP contribution in [0.3, 0.4) is 0 Å². The third-order valence-corrected chi connectivity index (χ3v) is 4.81. The van der Waals surface area contributed by atoms with E-state index in [0.717, 1.165) is 24.8 Å². The molecule has 4 atom stereocenters. The zero-order chi connectivity index (χ0) is 15.0. The first-order chi connectivity index (χ1) is 10.1. The van der Waals surface area contributed by atoms with E-state index < -0.39 is 11.9 Å². The number of carboxylic acid groups (broad SMARTS) is 1. The standard InChI is InChI=1S/C14H20N4O3/c1-18(7-8-5-15-16-6-8)14(21)17-12-10-3-2-9(4-10)11(12)13(19)20/h5-6,9-12H,2-4,7H2,1H3,(H,15,16)(H,17,21)(H,19,20). The van der Waals surface area contributed by atoms with Gasteiger partial charge in [0.05, 0.1) is 18.7 Å². The summed E-state index contributed by atoms with van der Waals surface area (Å²) in [5, 5.41) is 18.9. The smallest absolute Gasteiger partial charge is 0.317 e. The predicted molar refractivity (Wildman–Crippen MR) is 74.3 cm³/mol. The van der Waals surface area contributed by atoms with E-state index in [0.29, 0.717) is 12.5 Å². The molecule has 7 heteroatoms. The van der Waals surface area contributed by atoms with Crippen LogP contribution in [0.4, 0.5) is 4.79 Å². The third-order valence-electron chi connectivity index (χ3n) is 4.81. The molecule has 2 fully saturated rings. The van der Waals surface area contributed by atoms with E-state index in [4.69, 9.17) is 0 Å². The largest absolute Gasteiger partial charge is 0.481 e. The van der Waals surface area contributed by atoms with E-state index >= 15 is 0 Å². The minimum absolute atomic E-state index is 0.219. The molecule has 21 heavy (non-hydrogen) atoms. The fraction of sp³-hybridized carbons (Fsp3) is 0.643. The number of aliphatic carboxylic acids is 1. The van der Waals surface area contributed by atoms with Gasteiger partial charge in [0.15, 0.2) is 0 Å². The monoisotopic (exact) mass is 292 g/mol. The number of amides is 2. The van der Waals surface area contributed by atoms with Crippen molar-refractivity contribution < 1.29 is 14.7 Å². The summed E-state index contributed by atoms with van der Waals surface area (Å²) in [6.07, 6.45) is 6.32. The number of hydrogen-bond acceptors (Lipinski definition) is 3. The SMILES string of the molecule is CN(Cc1cn[nH]c1)C(=O)NC1C2CCC(C2)C1C(=O)O. The minimum Gasteiger partial charge on any atom is -0.481 e. The number of hydrogen-bond donors (Lipinski definition) is 3. The van der Waals surface area contributed by atoms with Crippen molar-refractivity contribution in [2.45, 2.75) is 31.8 Å². The lowest BCUT2D eigenvalue weighted by Crippen LogP contribution is -2.50. The molecule has 0 radical (unpaired) electrons. The average Bonchev–Trinajstić information content (AvgIpc) is 3.14. The van der Waals surface area contributed by atoms with Crippen LogP contribution in [0.1, 0.15) is 24.8 Å². The maximum atomic E-state index is 12.3. The second kappa shape index (κ2) is 5.38. The Kier molecular flexibility index (Phi) is 3.57. The number of nitrogens with one attached hydrogen (secondary N) is 2. The van der Waals surface area contributed by atoms with E-state index in [-0.39, 0.29) is 18.0 Å². The lowest BCUT2D eigenvalue weighted by molar-refractivity contribution is -0.144. The zero-order valence-corrected chi connectivity index (χ0v) is 12.0. The first-order valence-electron chi connectivity index (χ1n) is 7.28. The number of aromatic nitrogens is 2. The molecule has 1 aromatic rings. The molecule has 2 aliphatic carbocycles. The van der Waals surface area contributed by atoms with Crippen LogP contribution in [0.15, 0.2) is 12.4 Å². The summed E-state index contributed by atoms with van der Waals surface area (Å²) in [6.45, 7) is 0.445. The van der Waals surface area contributed by atoms with Crippen molar-refractivity contribution in [1.82, 2.24) is 20.4 Å². The number of carboxylic acids is 1. The van der Waals surface area contributed by atoms with E-state index in [1.807, 2.05) is 0 Å². The topological polar surface area (TPSA) is 98.3 Å². The molecule has 3 rings (SSSR count). The van der Waals surface area contributed by atoms with Gasteiger partial charge in [-0.2, -0.15) is 5.10 Å². The van der Waals surface area contributed by atoms with Crippen LogP contribution in [0.2, 0.25) is 0 Å². The van der Waals surface area contributed by atoms with Gasteiger partial charge in [-0.25, -0.2) is 4.79 Å². The fourth-order valence-corrected chi connectivity index (χ4v) is 3.82. The molecule has 1 heterocycles. The van der Waals surface area contributed by atoms with E-state index in [9.17, 15) is 14.7 Å². The number of nitrogens with zero attached hydrogens (tertiary/aromatic N) is 2. The molecule has 7 nitrogen and oxygen atoms in total. The lowest BCUT2D eigenvalue weighted by atomic mass is 9.84. The predicted octanol–water partition coefficient (Wildman–Crippen LogP) is 1.05. The van der Waals surface area contributed by atoms with Gasteiger partial charge < -0.3 is 15.3 Å². The van der Waals surface area contributed by atoms with Gasteiger partial charge in [-0.15, -0.1) is 0 Å². The fourth-order valence-electron chi connectivity index (χ4n) is 3.82. The number of carbonyl (C=O) groups is 2. The molecular formula is C14H20N4O3. The minimum atomic E-state index is -0.787. The number of urea groups is 1. The molecule has 2 saturated carbocycles. The lowest BCUT2D eigenvalue weighted by Gasteiger charge is -2.30. The number of rotatable bonds is 4. The van der Waals surface area contributed by atoms with E-state index in [2.05, 4.69) is 15.5 Å². The molecular weight excluding hydrogens is 272 g/mol. The molecule has 3 N–H and O–H groups in total. The third kappa shape index (κ3) is 2.59. The van der Waals surface area contributed by atoms with Gasteiger partial charge in [0.1, 0.15) is 0 Å². The Bertz CT molecular complexity index is 530. The maximum absolute atomic E-state index is 12.3. The van der Waals surface area contributed by atoms with Crippen LogP contribution in [-0.4, -0.2) is 45.3 Å². The van der Waals surface area contributed by atoms with Crippen LogP contribution < -0.4 is 5.32 Å². The molecule has 0 aromatic carbocycles. The van der Waals surface area contributed by atoms with Gasteiger partial charge in [0, 0.05) is 24.8 Å².